The number of esters is 1. The van der Waals surface area contributed by atoms with Crippen molar-refractivity contribution >= 4 is 11.8 Å². The van der Waals surface area contributed by atoms with Gasteiger partial charge in [0.05, 0.1) is 17.9 Å². The predicted molar refractivity (Wildman–Crippen MR) is 86.1 cm³/mol. The number of H-pyrrole nitrogens is 1. The number of morpholine rings is 1. The van der Waals surface area contributed by atoms with Crippen molar-refractivity contribution in [3.8, 4) is 0 Å². The number of carbonyl (C=O) groups excluding carboxylic acids is 2. The van der Waals surface area contributed by atoms with Crippen molar-refractivity contribution < 1.29 is 24.0 Å². The highest BCUT2D eigenvalue weighted by Gasteiger charge is 2.30. The summed E-state index contributed by atoms with van der Waals surface area (Å²) in [5.74, 6) is -0.351. The lowest BCUT2D eigenvalue weighted by atomic mass is 10.1. The molecule has 128 valence electrons. The van der Waals surface area contributed by atoms with E-state index in [1.165, 1.54) is 4.90 Å². The van der Waals surface area contributed by atoms with Gasteiger partial charge in [-0.2, -0.15) is 0 Å². The first-order valence-corrected chi connectivity index (χ1v) is 8.21. The first-order valence-electron chi connectivity index (χ1n) is 8.21. The second-order valence-electron chi connectivity index (χ2n) is 6.36. The summed E-state index contributed by atoms with van der Waals surface area (Å²) in [5.41, 5.74) is 2.36. The number of aromatic nitrogens is 1. The minimum atomic E-state index is -0.376. The molecule has 1 unspecified atom stereocenters. The zero-order valence-electron chi connectivity index (χ0n) is 14.6. The summed E-state index contributed by atoms with van der Waals surface area (Å²) < 4.78 is 10.8. The first-order chi connectivity index (χ1) is 10.8. The summed E-state index contributed by atoms with van der Waals surface area (Å²) in [6.45, 7) is 11.8. The Bertz CT molecular complexity index is 584. The van der Waals surface area contributed by atoms with Crippen LogP contribution in [0.25, 0.3) is 0 Å². The second-order valence-corrected chi connectivity index (χ2v) is 6.36. The van der Waals surface area contributed by atoms with E-state index in [2.05, 4.69) is 4.98 Å². The van der Waals surface area contributed by atoms with E-state index in [4.69, 9.17) is 9.47 Å². The van der Waals surface area contributed by atoms with Crippen molar-refractivity contribution in [1.29, 1.82) is 0 Å². The smallest absolute Gasteiger partial charge is 0.340 e. The summed E-state index contributed by atoms with van der Waals surface area (Å²) in [7, 11) is 0. The molecular formula is C17H27N2O4+. The summed E-state index contributed by atoms with van der Waals surface area (Å²) >= 11 is 0. The van der Waals surface area contributed by atoms with Gasteiger partial charge in [-0.1, -0.05) is 0 Å². The number of ether oxygens (including phenoxy) is 2. The van der Waals surface area contributed by atoms with Gasteiger partial charge in [-0.25, -0.2) is 4.79 Å². The van der Waals surface area contributed by atoms with Crippen molar-refractivity contribution in [2.24, 2.45) is 0 Å². The van der Waals surface area contributed by atoms with Gasteiger partial charge < -0.3 is 19.4 Å². The molecule has 1 fully saturated rings. The molecular weight excluding hydrogens is 296 g/mol. The van der Waals surface area contributed by atoms with Crippen molar-refractivity contribution in [2.75, 3.05) is 26.2 Å². The molecule has 1 aliphatic heterocycles. The first kappa shape index (κ1) is 17.7. The molecule has 0 amide bonds. The van der Waals surface area contributed by atoms with Crippen molar-refractivity contribution in [3.63, 3.8) is 0 Å². The van der Waals surface area contributed by atoms with Gasteiger partial charge in [0, 0.05) is 5.69 Å². The molecule has 6 nitrogen and oxygen atoms in total. The number of hydrogen-bond donors (Lipinski definition) is 2. The number of aromatic amines is 1. The van der Waals surface area contributed by atoms with E-state index in [1.807, 2.05) is 13.8 Å². The molecule has 0 spiro atoms. The van der Waals surface area contributed by atoms with Gasteiger partial charge in [-0.3, -0.25) is 4.79 Å². The van der Waals surface area contributed by atoms with Gasteiger partial charge in [-0.15, -0.1) is 0 Å². The minimum Gasteiger partial charge on any atom is -0.462 e. The van der Waals surface area contributed by atoms with E-state index in [-0.39, 0.29) is 24.0 Å². The Balaban J connectivity index is 2.14. The third-order valence-corrected chi connectivity index (χ3v) is 4.22. The molecule has 3 atom stereocenters. The molecule has 0 radical (unpaired) electrons. The van der Waals surface area contributed by atoms with Gasteiger partial charge in [0.2, 0.25) is 5.78 Å². The van der Waals surface area contributed by atoms with Crippen LogP contribution < -0.4 is 4.90 Å². The lowest BCUT2D eigenvalue weighted by Gasteiger charge is -2.31. The van der Waals surface area contributed by atoms with Crippen molar-refractivity contribution in [2.45, 2.75) is 46.8 Å². The maximum absolute atomic E-state index is 12.6. The van der Waals surface area contributed by atoms with Gasteiger partial charge >= 0.3 is 5.97 Å². The number of carbonyl (C=O) groups is 2. The van der Waals surface area contributed by atoms with Crippen LogP contribution in [0.3, 0.4) is 0 Å². The Morgan fingerprint density at radius 2 is 1.87 bits per heavy atom. The zero-order chi connectivity index (χ0) is 17.1. The Labute approximate surface area is 137 Å². The van der Waals surface area contributed by atoms with Crippen molar-refractivity contribution in [3.05, 3.63) is 22.5 Å². The van der Waals surface area contributed by atoms with Gasteiger partial charge in [0.1, 0.15) is 31.8 Å². The maximum Gasteiger partial charge on any atom is 0.340 e. The lowest BCUT2D eigenvalue weighted by molar-refractivity contribution is -0.906. The number of ketones is 1. The molecule has 0 saturated carbocycles. The predicted octanol–water partition coefficient (Wildman–Crippen LogP) is 0.683. The van der Waals surface area contributed by atoms with Crippen LogP contribution >= 0.6 is 0 Å². The fourth-order valence-electron chi connectivity index (χ4n) is 3.39. The standard InChI is InChI=1S/C17H26N2O4/c1-6-22-17(21)15-12(4)16(18-13(15)5)14(20)9-19-7-10(2)23-11(3)8-19/h10-11,18H,6-9H2,1-5H3/p+1/t10-,11+. The molecule has 2 heterocycles. The molecule has 2 N–H and O–H groups in total. The largest absolute Gasteiger partial charge is 0.462 e. The molecule has 0 aromatic carbocycles. The highest BCUT2D eigenvalue weighted by molar-refractivity contribution is 6.01. The molecule has 23 heavy (non-hydrogen) atoms. The van der Waals surface area contributed by atoms with Crippen LogP contribution in [0.4, 0.5) is 0 Å². The average Bonchev–Trinajstić information content (AvgIpc) is 2.73. The number of nitrogens with one attached hydrogen (secondary N) is 2. The molecule has 0 bridgehead atoms. The number of aryl methyl sites for hydroxylation is 1. The van der Waals surface area contributed by atoms with Crippen molar-refractivity contribution in [1.82, 2.24) is 4.98 Å². The monoisotopic (exact) mass is 323 g/mol. The van der Waals surface area contributed by atoms with E-state index < -0.39 is 0 Å². The third-order valence-electron chi connectivity index (χ3n) is 4.22. The lowest BCUT2D eigenvalue weighted by Crippen LogP contribution is -3.16. The van der Waals surface area contributed by atoms with Gasteiger partial charge in [0.25, 0.3) is 0 Å². The normalized spacial score (nSPS) is 24.5. The van der Waals surface area contributed by atoms with Gasteiger partial charge in [0.15, 0.2) is 0 Å². The Kier molecular flexibility index (Phi) is 5.59. The Morgan fingerprint density at radius 3 is 2.43 bits per heavy atom. The number of Topliss-reactive ketones (excluding diaryl/α,β-unsaturated/α-hetero) is 1. The third kappa shape index (κ3) is 4.00. The molecule has 1 aliphatic rings. The van der Waals surface area contributed by atoms with Gasteiger partial charge in [-0.05, 0) is 40.2 Å². The Morgan fingerprint density at radius 1 is 1.26 bits per heavy atom. The number of hydrogen-bond acceptors (Lipinski definition) is 4. The molecule has 1 saturated heterocycles. The fourth-order valence-corrected chi connectivity index (χ4v) is 3.39. The molecule has 0 aliphatic carbocycles. The molecule has 1 aromatic rings. The van der Waals surface area contributed by atoms with Crippen LogP contribution in [0, 0.1) is 13.8 Å². The second kappa shape index (κ2) is 7.27. The molecule has 2 rings (SSSR count). The summed E-state index contributed by atoms with van der Waals surface area (Å²) in [6, 6.07) is 0. The van der Waals surface area contributed by atoms with Crippen LogP contribution in [0.2, 0.25) is 0 Å². The zero-order valence-corrected chi connectivity index (χ0v) is 14.6. The van der Waals surface area contributed by atoms with E-state index in [1.54, 1.807) is 20.8 Å². The van der Waals surface area contributed by atoms with Crippen LogP contribution in [0.1, 0.15) is 52.9 Å². The Hall–Kier alpha value is -1.66. The summed E-state index contributed by atoms with van der Waals surface area (Å²) in [6.07, 6.45) is 0.311. The highest BCUT2D eigenvalue weighted by Crippen LogP contribution is 2.19. The van der Waals surface area contributed by atoms with E-state index in [0.717, 1.165) is 13.1 Å². The van der Waals surface area contributed by atoms with Crippen LogP contribution in [-0.4, -0.2) is 55.2 Å². The van der Waals surface area contributed by atoms with Crippen LogP contribution in [0.15, 0.2) is 0 Å². The minimum absolute atomic E-state index is 0.0254. The number of quaternary nitrogens is 1. The highest BCUT2D eigenvalue weighted by atomic mass is 16.5. The molecule has 1 aromatic heterocycles. The SMILES string of the molecule is CCOC(=O)c1c(C)[nH]c(C(=O)C[NH+]2C[C@@H](C)O[C@@H](C)C2)c1C. The van der Waals surface area contributed by atoms with E-state index >= 15 is 0 Å². The molecule has 6 heteroatoms. The van der Waals surface area contributed by atoms with E-state index in [9.17, 15) is 9.59 Å². The quantitative estimate of drug-likeness (QED) is 0.617. The van der Waals surface area contributed by atoms with Crippen LogP contribution in [-0.2, 0) is 9.47 Å². The van der Waals surface area contributed by atoms with Crippen LogP contribution in [0.5, 0.6) is 0 Å². The summed E-state index contributed by atoms with van der Waals surface area (Å²) in [5, 5.41) is 0. The van der Waals surface area contributed by atoms with E-state index in [0.29, 0.717) is 35.7 Å². The maximum atomic E-state index is 12.6. The topological polar surface area (TPSA) is 72.8 Å². The number of rotatable bonds is 5. The summed E-state index contributed by atoms with van der Waals surface area (Å²) in [4.78, 5) is 29.0. The fraction of sp³-hybridized carbons (Fsp3) is 0.647. The average molecular weight is 323 g/mol.